The Kier molecular flexibility index (Phi) is 3.79. The summed E-state index contributed by atoms with van der Waals surface area (Å²) in [5.41, 5.74) is 3.59. The summed E-state index contributed by atoms with van der Waals surface area (Å²) < 4.78 is 0. The molecule has 0 amide bonds. The monoisotopic (exact) mass is 231 g/mol. The van der Waals surface area contributed by atoms with Gasteiger partial charge in [0, 0.05) is 0 Å². The zero-order chi connectivity index (χ0) is 12.3. The van der Waals surface area contributed by atoms with Gasteiger partial charge in [0.2, 0.25) is 0 Å². The van der Waals surface area contributed by atoms with E-state index in [1.807, 2.05) is 0 Å². The first-order chi connectivity index (χ1) is 8.26. The van der Waals surface area contributed by atoms with E-state index in [-0.39, 0.29) is 0 Å². The van der Waals surface area contributed by atoms with Crippen molar-refractivity contribution in [2.75, 3.05) is 13.1 Å². The molecule has 1 N–H and O–H groups in total. The van der Waals surface area contributed by atoms with Gasteiger partial charge < -0.3 is 4.98 Å². The summed E-state index contributed by atoms with van der Waals surface area (Å²) in [6.07, 6.45) is 1.07. The van der Waals surface area contributed by atoms with Gasteiger partial charge in [0.05, 0.1) is 17.6 Å². The van der Waals surface area contributed by atoms with E-state index in [4.69, 9.17) is 0 Å². The van der Waals surface area contributed by atoms with Gasteiger partial charge in [0.25, 0.3) is 0 Å². The molecular weight excluding hydrogens is 210 g/mol. The molecule has 2 rings (SSSR count). The van der Waals surface area contributed by atoms with Crippen LogP contribution in [0.3, 0.4) is 0 Å². The van der Waals surface area contributed by atoms with Gasteiger partial charge in [-0.15, -0.1) is 0 Å². The van der Waals surface area contributed by atoms with Gasteiger partial charge in [0.15, 0.2) is 0 Å². The van der Waals surface area contributed by atoms with Crippen molar-refractivity contribution >= 4 is 11.0 Å². The van der Waals surface area contributed by atoms with E-state index in [9.17, 15) is 0 Å². The second-order valence-corrected chi connectivity index (χ2v) is 4.35. The summed E-state index contributed by atoms with van der Waals surface area (Å²) in [5.74, 6) is 1.07. The zero-order valence-electron chi connectivity index (χ0n) is 11.0. The van der Waals surface area contributed by atoms with E-state index in [2.05, 4.69) is 53.8 Å². The summed E-state index contributed by atoms with van der Waals surface area (Å²) >= 11 is 0. The number of rotatable bonds is 5. The van der Waals surface area contributed by atoms with Crippen LogP contribution >= 0.6 is 0 Å². The molecule has 0 aliphatic rings. The van der Waals surface area contributed by atoms with Crippen molar-refractivity contribution in [2.45, 2.75) is 33.7 Å². The lowest BCUT2D eigenvalue weighted by molar-refractivity contribution is 0.289. The van der Waals surface area contributed by atoms with Crippen LogP contribution in [0.5, 0.6) is 0 Å². The van der Waals surface area contributed by atoms with Crippen molar-refractivity contribution in [3.63, 3.8) is 0 Å². The van der Waals surface area contributed by atoms with Crippen LogP contribution in [-0.4, -0.2) is 28.0 Å². The van der Waals surface area contributed by atoms with E-state index in [1.54, 1.807) is 0 Å². The molecule has 0 aliphatic carbocycles. The summed E-state index contributed by atoms with van der Waals surface area (Å²) in [7, 11) is 0. The molecule has 2 aromatic rings. The lowest BCUT2D eigenvalue weighted by Gasteiger charge is -2.15. The smallest absolute Gasteiger partial charge is 0.121 e. The highest BCUT2D eigenvalue weighted by Crippen LogP contribution is 2.15. The minimum Gasteiger partial charge on any atom is -0.341 e. The maximum Gasteiger partial charge on any atom is 0.121 e. The van der Waals surface area contributed by atoms with Crippen LogP contribution in [0, 0.1) is 0 Å². The highest BCUT2D eigenvalue weighted by molar-refractivity contribution is 5.75. The van der Waals surface area contributed by atoms with E-state index in [1.165, 1.54) is 5.56 Å². The molecule has 1 aromatic heterocycles. The molecule has 0 bridgehead atoms. The summed E-state index contributed by atoms with van der Waals surface area (Å²) in [6.45, 7) is 9.57. The number of hydrogen-bond acceptors (Lipinski definition) is 2. The third-order valence-electron chi connectivity index (χ3n) is 3.27. The molecule has 3 nitrogen and oxygen atoms in total. The van der Waals surface area contributed by atoms with E-state index in [0.717, 1.165) is 42.9 Å². The highest BCUT2D eigenvalue weighted by atomic mass is 15.1. The third-order valence-corrected chi connectivity index (χ3v) is 3.27. The average molecular weight is 231 g/mol. The molecule has 1 heterocycles. The van der Waals surface area contributed by atoms with Crippen molar-refractivity contribution in [3.05, 3.63) is 29.6 Å². The maximum atomic E-state index is 4.63. The molecule has 1 aromatic carbocycles. The Morgan fingerprint density at radius 3 is 2.59 bits per heavy atom. The van der Waals surface area contributed by atoms with E-state index >= 15 is 0 Å². The predicted octanol–water partition coefficient (Wildman–Crippen LogP) is 2.97. The van der Waals surface area contributed by atoms with Gasteiger partial charge in [-0.1, -0.05) is 26.8 Å². The molecule has 3 heteroatoms. The topological polar surface area (TPSA) is 31.9 Å². The minimum absolute atomic E-state index is 0.906. The van der Waals surface area contributed by atoms with Gasteiger partial charge in [0.1, 0.15) is 5.82 Å². The third kappa shape index (κ3) is 2.67. The van der Waals surface area contributed by atoms with E-state index in [0.29, 0.717) is 0 Å². The predicted molar refractivity (Wildman–Crippen MR) is 72.1 cm³/mol. The number of benzene rings is 1. The van der Waals surface area contributed by atoms with Crippen molar-refractivity contribution in [2.24, 2.45) is 0 Å². The Balaban J connectivity index is 2.25. The number of aryl methyl sites for hydroxylation is 1. The largest absolute Gasteiger partial charge is 0.341 e. The summed E-state index contributed by atoms with van der Waals surface area (Å²) in [4.78, 5) is 10.4. The van der Waals surface area contributed by atoms with Crippen LogP contribution < -0.4 is 0 Å². The Morgan fingerprint density at radius 1 is 1.18 bits per heavy atom. The molecule has 0 aliphatic heterocycles. The molecule has 0 radical (unpaired) electrons. The molecule has 17 heavy (non-hydrogen) atoms. The van der Waals surface area contributed by atoms with Gasteiger partial charge >= 0.3 is 0 Å². The van der Waals surface area contributed by atoms with Crippen LogP contribution in [0.4, 0.5) is 0 Å². The molecule has 0 saturated carbocycles. The number of nitrogens with zero attached hydrogens (tertiary/aromatic N) is 2. The molecule has 0 fully saturated rings. The minimum atomic E-state index is 0.906. The van der Waals surface area contributed by atoms with Gasteiger partial charge in [-0.2, -0.15) is 0 Å². The quantitative estimate of drug-likeness (QED) is 0.858. The maximum absolute atomic E-state index is 4.63. The Labute approximate surface area is 103 Å². The van der Waals surface area contributed by atoms with Crippen LogP contribution in [0.15, 0.2) is 18.2 Å². The first kappa shape index (κ1) is 12.1. The van der Waals surface area contributed by atoms with Crippen molar-refractivity contribution in [1.82, 2.24) is 14.9 Å². The second kappa shape index (κ2) is 5.32. The Hall–Kier alpha value is -1.35. The lowest BCUT2D eigenvalue weighted by Crippen LogP contribution is -2.22. The number of imidazole rings is 1. The molecule has 0 spiro atoms. The lowest BCUT2D eigenvalue weighted by atomic mass is 10.1. The van der Waals surface area contributed by atoms with Crippen LogP contribution in [0.1, 0.15) is 32.2 Å². The van der Waals surface area contributed by atoms with Crippen molar-refractivity contribution < 1.29 is 0 Å². The van der Waals surface area contributed by atoms with Crippen molar-refractivity contribution in [3.8, 4) is 0 Å². The Morgan fingerprint density at radius 2 is 1.94 bits per heavy atom. The number of aromatic amines is 1. The fourth-order valence-corrected chi connectivity index (χ4v) is 2.06. The van der Waals surface area contributed by atoms with Crippen LogP contribution in [0.2, 0.25) is 0 Å². The summed E-state index contributed by atoms with van der Waals surface area (Å²) in [6, 6.07) is 6.47. The number of H-pyrrole nitrogens is 1. The standard InChI is InChI=1S/C14H21N3/c1-4-11-7-8-12-13(9-11)16-14(15-12)10-17(5-2)6-3/h7-9H,4-6,10H2,1-3H3,(H,15,16). The van der Waals surface area contributed by atoms with E-state index < -0.39 is 0 Å². The molecular formula is C14H21N3. The zero-order valence-corrected chi connectivity index (χ0v) is 11.0. The normalized spacial score (nSPS) is 11.5. The van der Waals surface area contributed by atoms with Gasteiger partial charge in [-0.3, -0.25) is 4.90 Å². The number of aromatic nitrogens is 2. The second-order valence-electron chi connectivity index (χ2n) is 4.35. The average Bonchev–Trinajstić information content (AvgIpc) is 2.76. The molecule has 0 atom stereocenters. The SMILES string of the molecule is CCc1ccc2nc(CN(CC)CC)[nH]c2c1. The molecule has 0 saturated heterocycles. The molecule has 92 valence electrons. The van der Waals surface area contributed by atoms with Crippen LogP contribution in [0.25, 0.3) is 11.0 Å². The fourth-order valence-electron chi connectivity index (χ4n) is 2.06. The molecule has 0 unspecified atom stereocenters. The number of nitrogens with one attached hydrogen (secondary N) is 1. The summed E-state index contributed by atoms with van der Waals surface area (Å²) in [5, 5.41) is 0. The van der Waals surface area contributed by atoms with Crippen LogP contribution in [-0.2, 0) is 13.0 Å². The first-order valence-electron chi connectivity index (χ1n) is 6.46. The fraction of sp³-hybridized carbons (Fsp3) is 0.500. The number of fused-ring (bicyclic) bond motifs is 1. The van der Waals surface area contributed by atoms with Gasteiger partial charge in [-0.05, 0) is 37.2 Å². The highest BCUT2D eigenvalue weighted by Gasteiger charge is 2.06. The first-order valence-corrected chi connectivity index (χ1v) is 6.46. The van der Waals surface area contributed by atoms with Crippen molar-refractivity contribution in [1.29, 1.82) is 0 Å². The number of hydrogen-bond donors (Lipinski definition) is 1. The Bertz CT molecular complexity index is 483. The van der Waals surface area contributed by atoms with Gasteiger partial charge in [-0.25, -0.2) is 4.98 Å².